The second kappa shape index (κ2) is 4.93. The number of hydrogen-bond donors (Lipinski definition) is 1. The van der Waals surface area contributed by atoms with Crippen LogP contribution < -0.4 is 5.32 Å². The molecule has 0 atom stereocenters. The SMILES string of the molecule is O=C(Nc1cc(C(F)(F)F)ccc1Cl)n1ccnc1. The first-order valence-electron chi connectivity index (χ1n) is 5.04. The van der Waals surface area contributed by atoms with E-state index < -0.39 is 17.8 Å². The summed E-state index contributed by atoms with van der Waals surface area (Å²) in [5, 5.41) is 2.29. The van der Waals surface area contributed by atoms with Crippen molar-refractivity contribution < 1.29 is 18.0 Å². The van der Waals surface area contributed by atoms with Gasteiger partial charge in [-0.3, -0.25) is 4.57 Å². The van der Waals surface area contributed by atoms with Crippen LogP contribution in [-0.4, -0.2) is 15.6 Å². The van der Waals surface area contributed by atoms with Crippen LogP contribution in [0.25, 0.3) is 0 Å². The molecule has 0 saturated heterocycles. The van der Waals surface area contributed by atoms with Crippen molar-refractivity contribution in [2.75, 3.05) is 5.32 Å². The summed E-state index contributed by atoms with van der Waals surface area (Å²) in [5.74, 6) is 0. The number of nitrogens with one attached hydrogen (secondary N) is 1. The van der Waals surface area contributed by atoms with Crippen molar-refractivity contribution in [1.82, 2.24) is 9.55 Å². The van der Waals surface area contributed by atoms with E-state index in [4.69, 9.17) is 11.6 Å². The lowest BCUT2D eigenvalue weighted by molar-refractivity contribution is -0.137. The van der Waals surface area contributed by atoms with E-state index in [2.05, 4.69) is 10.3 Å². The number of rotatable bonds is 1. The molecule has 0 bridgehead atoms. The van der Waals surface area contributed by atoms with E-state index in [9.17, 15) is 18.0 Å². The van der Waals surface area contributed by atoms with Crippen molar-refractivity contribution >= 4 is 23.3 Å². The molecule has 0 aliphatic carbocycles. The van der Waals surface area contributed by atoms with Gasteiger partial charge >= 0.3 is 12.2 Å². The summed E-state index contributed by atoms with van der Waals surface area (Å²) in [6.07, 6.45) is -0.555. The number of alkyl halides is 3. The molecule has 1 aromatic carbocycles. The van der Waals surface area contributed by atoms with E-state index >= 15 is 0 Å². The van der Waals surface area contributed by atoms with Crippen LogP contribution in [0.1, 0.15) is 5.56 Å². The number of anilines is 1. The van der Waals surface area contributed by atoms with Gasteiger partial charge in [-0.1, -0.05) is 11.6 Å². The summed E-state index contributed by atoms with van der Waals surface area (Å²) in [4.78, 5) is 15.3. The molecule has 8 heteroatoms. The van der Waals surface area contributed by atoms with Crippen LogP contribution in [0.4, 0.5) is 23.7 Å². The zero-order chi connectivity index (χ0) is 14.0. The molecule has 2 rings (SSSR count). The lowest BCUT2D eigenvalue weighted by atomic mass is 10.2. The molecular formula is C11H7ClF3N3O. The highest BCUT2D eigenvalue weighted by Gasteiger charge is 2.31. The second-order valence-corrected chi connectivity index (χ2v) is 4.00. The van der Waals surface area contributed by atoms with E-state index in [1.54, 1.807) is 0 Å². The molecule has 0 aliphatic rings. The van der Waals surface area contributed by atoms with Gasteiger partial charge in [0.2, 0.25) is 0 Å². The van der Waals surface area contributed by atoms with Crippen LogP contribution in [0.15, 0.2) is 36.9 Å². The normalized spacial score (nSPS) is 11.4. The van der Waals surface area contributed by atoms with E-state index in [-0.39, 0.29) is 10.7 Å². The minimum absolute atomic E-state index is 0.0152. The molecule has 0 unspecified atom stereocenters. The minimum atomic E-state index is -4.50. The zero-order valence-corrected chi connectivity index (χ0v) is 10.0. The Morgan fingerprint density at radius 2 is 2.11 bits per heavy atom. The first-order chi connectivity index (χ1) is 8.88. The Kier molecular flexibility index (Phi) is 3.48. The average Bonchev–Trinajstić information content (AvgIpc) is 2.84. The lowest BCUT2D eigenvalue weighted by Crippen LogP contribution is -2.18. The quantitative estimate of drug-likeness (QED) is 0.871. The van der Waals surface area contributed by atoms with Gasteiger partial charge in [0.1, 0.15) is 6.33 Å². The van der Waals surface area contributed by atoms with Gasteiger partial charge in [-0.05, 0) is 18.2 Å². The number of carbonyl (C=O) groups is 1. The van der Waals surface area contributed by atoms with Crippen LogP contribution in [0.3, 0.4) is 0 Å². The summed E-state index contributed by atoms with van der Waals surface area (Å²) in [5.41, 5.74) is -1.01. The van der Waals surface area contributed by atoms with E-state index in [1.807, 2.05) is 0 Å². The first kappa shape index (κ1) is 13.4. The lowest BCUT2D eigenvalue weighted by Gasteiger charge is -2.11. The van der Waals surface area contributed by atoms with Gasteiger partial charge in [0.25, 0.3) is 0 Å². The predicted octanol–water partition coefficient (Wildman–Crippen LogP) is 3.64. The molecule has 100 valence electrons. The molecule has 0 fully saturated rings. The number of amides is 1. The van der Waals surface area contributed by atoms with Crippen molar-refractivity contribution in [2.45, 2.75) is 6.18 Å². The number of nitrogens with zero attached hydrogens (tertiary/aromatic N) is 2. The molecule has 0 radical (unpaired) electrons. The van der Waals surface area contributed by atoms with Crippen molar-refractivity contribution in [1.29, 1.82) is 0 Å². The molecule has 2 aromatic rings. The van der Waals surface area contributed by atoms with Gasteiger partial charge in [0, 0.05) is 12.4 Å². The minimum Gasteiger partial charge on any atom is -0.306 e. The van der Waals surface area contributed by atoms with E-state index in [1.165, 1.54) is 18.7 Å². The van der Waals surface area contributed by atoms with Crippen LogP contribution >= 0.6 is 11.6 Å². The van der Waals surface area contributed by atoms with Crippen LogP contribution in [0, 0.1) is 0 Å². The molecule has 1 amide bonds. The Labute approximate surface area is 110 Å². The third kappa shape index (κ3) is 3.05. The van der Waals surface area contributed by atoms with Gasteiger partial charge in [0.15, 0.2) is 0 Å². The highest BCUT2D eigenvalue weighted by atomic mass is 35.5. The van der Waals surface area contributed by atoms with E-state index in [0.717, 1.165) is 22.8 Å². The van der Waals surface area contributed by atoms with Gasteiger partial charge in [-0.25, -0.2) is 9.78 Å². The molecule has 1 heterocycles. The third-order valence-corrected chi connectivity index (χ3v) is 2.60. The highest BCUT2D eigenvalue weighted by Crippen LogP contribution is 2.33. The molecule has 0 spiro atoms. The van der Waals surface area contributed by atoms with Gasteiger partial charge in [-0.15, -0.1) is 0 Å². The maximum atomic E-state index is 12.5. The average molecular weight is 290 g/mol. The van der Waals surface area contributed by atoms with Crippen molar-refractivity contribution in [3.63, 3.8) is 0 Å². The molecule has 1 aromatic heterocycles. The fourth-order valence-corrected chi connectivity index (χ4v) is 1.52. The Balaban J connectivity index is 2.27. The fourth-order valence-electron chi connectivity index (χ4n) is 1.36. The van der Waals surface area contributed by atoms with Gasteiger partial charge < -0.3 is 5.32 Å². The molecular weight excluding hydrogens is 283 g/mol. The Hall–Kier alpha value is -2.02. The smallest absolute Gasteiger partial charge is 0.306 e. The number of aromatic nitrogens is 2. The summed E-state index contributed by atoms with van der Waals surface area (Å²) < 4.78 is 38.7. The summed E-state index contributed by atoms with van der Waals surface area (Å²) in [6, 6.07) is 2.04. The zero-order valence-electron chi connectivity index (χ0n) is 9.28. The summed E-state index contributed by atoms with van der Waals surface area (Å²) >= 11 is 5.74. The Morgan fingerprint density at radius 1 is 1.37 bits per heavy atom. The van der Waals surface area contributed by atoms with Crippen LogP contribution in [-0.2, 0) is 6.18 Å². The Bertz CT molecular complexity index is 596. The molecule has 0 aliphatic heterocycles. The van der Waals surface area contributed by atoms with Crippen LogP contribution in [0.2, 0.25) is 5.02 Å². The van der Waals surface area contributed by atoms with Gasteiger partial charge in [-0.2, -0.15) is 13.2 Å². The van der Waals surface area contributed by atoms with Gasteiger partial charge in [0.05, 0.1) is 16.3 Å². The summed E-state index contributed by atoms with van der Waals surface area (Å²) in [6.45, 7) is 0. The standard InChI is InChI=1S/C11H7ClF3N3O/c12-8-2-1-7(11(13,14)15)5-9(8)17-10(19)18-4-3-16-6-18/h1-6H,(H,17,19). The summed E-state index contributed by atoms with van der Waals surface area (Å²) in [7, 11) is 0. The fraction of sp³-hybridized carbons (Fsp3) is 0.0909. The molecule has 4 nitrogen and oxygen atoms in total. The maximum Gasteiger partial charge on any atom is 0.416 e. The van der Waals surface area contributed by atoms with Crippen molar-refractivity contribution in [3.05, 3.63) is 47.5 Å². The Morgan fingerprint density at radius 3 is 2.68 bits per heavy atom. The third-order valence-electron chi connectivity index (χ3n) is 2.27. The van der Waals surface area contributed by atoms with Crippen molar-refractivity contribution in [3.8, 4) is 0 Å². The molecule has 0 saturated carbocycles. The molecule has 1 N–H and O–H groups in total. The van der Waals surface area contributed by atoms with Crippen LogP contribution in [0.5, 0.6) is 0 Å². The largest absolute Gasteiger partial charge is 0.416 e. The maximum absolute atomic E-state index is 12.5. The number of hydrogen-bond acceptors (Lipinski definition) is 2. The van der Waals surface area contributed by atoms with Crippen molar-refractivity contribution in [2.24, 2.45) is 0 Å². The van der Waals surface area contributed by atoms with E-state index in [0.29, 0.717) is 0 Å². The first-order valence-corrected chi connectivity index (χ1v) is 5.42. The number of halogens is 4. The number of carbonyl (C=O) groups excluding carboxylic acids is 1. The monoisotopic (exact) mass is 289 g/mol. The second-order valence-electron chi connectivity index (χ2n) is 3.59. The predicted molar refractivity (Wildman–Crippen MR) is 63.1 cm³/mol. The highest BCUT2D eigenvalue weighted by molar-refractivity contribution is 6.33. The number of benzene rings is 1. The topological polar surface area (TPSA) is 46.9 Å². The molecule has 19 heavy (non-hydrogen) atoms. The number of imidazole rings is 1.